The molecule has 3 heteroatoms. The highest BCUT2D eigenvalue weighted by molar-refractivity contribution is 6.31. The molecule has 0 bridgehead atoms. The van der Waals surface area contributed by atoms with Gasteiger partial charge in [0.15, 0.2) is 0 Å². The van der Waals surface area contributed by atoms with E-state index in [9.17, 15) is 0 Å². The zero-order valence-corrected chi connectivity index (χ0v) is 13.5. The second kappa shape index (κ2) is 7.16. The van der Waals surface area contributed by atoms with Crippen molar-refractivity contribution in [1.29, 1.82) is 0 Å². The Morgan fingerprint density at radius 1 is 1.26 bits per heavy atom. The van der Waals surface area contributed by atoms with Crippen LogP contribution in [-0.2, 0) is 0 Å². The molecule has 108 valence electrons. The largest absolute Gasteiger partial charge is 0.493 e. The van der Waals surface area contributed by atoms with Crippen LogP contribution >= 0.6 is 11.6 Å². The van der Waals surface area contributed by atoms with E-state index < -0.39 is 0 Å². The van der Waals surface area contributed by atoms with Gasteiger partial charge < -0.3 is 10.5 Å². The molecule has 2 unspecified atom stereocenters. The van der Waals surface area contributed by atoms with Crippen molar-refractivity contribution in [3.05, 3.63) is 27.8 Å². The molecule has 0 heterocycles. The van der Waals surface area contributed by atoms with Gasteiger partial charge in [0.1, 0.15) is 5.75 Å². The minimum Gasteiger partial charge on any atom is -0.493 e. The minimum absolute atomic E-state index is 0.235. The molecule has 0 radical (unpaired) electrons. The SMILES string of the molecule is CCOc1c(C)cc(Cl)c(C)c1C(C)CCC(C)N. The van der Waals surface area contributed by atoms with Crippen molar-refractivity contribution in [3.63, 3.8) is 0 Å². The fraction of sp³-hybridized carbons (Fsp3) is 0.625. The molecule has 19 heavy (non-hydrogen) atoms. The Morgan fingerprint density at radius 3 is 2.42 bits per heavy atom. The molecule has 1 aromatic rings. The Hall–Kier alpha value is -0.730. The molecule has 0 amide bonds. The molecular weight excluding hydrogens is 258 g/mol. The predicted octanol–water partition coefficient (Wildman–Crippen LogP) is 4.59. The summed E-state index contributed by atoms with van der Waals surface area (Å²) in [5.41, 5.74) is 9.34. The first-order chi connectivity index (χ1) is 8.88. The third-order valence-corrected chi connectivity index (χ3v) is 3.94. The average molecular weight is 284 g/mol. The van der Waals surface area contributed by atoms with Gasteiger partial charge in [0.05, 0.1) is 6.61 Å². The van der Waals surface area contributed by atoms with Crippen LogP contribution in [0.3, 0.4) is 0 Å². The predicted molar refractivity (Wildman–Crippen MR) is 83.4 cm³/mol. The van der Waals surface area contributed by atoms with E-state index in [-0.39, 0.29) is 6.04 Å². The second-order valence-electron chi connectivity index (χ2n) is 5.43. The lowest BCUT2D eigenvalue weighted by Crippen LogP contribution is -2.16. The van der Waals surface area contributed by atoms with Gasteiger partial charge in [-0.1, -0.05) is 18.5 Å². The topological polar surface area (TPSA) is 35.2 Å². The third kappa shape index (κ3) is 4.12. The summed E-state index contributed by atoms with van der Waals surface area (Å²) in [6.45, 7) is 11.1. The van der Waals surface area contributed by atoms with Crippen LogP contribution in [0.4, 0.5) is 0 Å². The standard InChI is InChI=1S/C16H26ClNO/c1-6-19-16-11(3)9-14(17)13(5)15(16)10(2)7-8-12(4)18/h9-10,12H,6-8,18H2,1-5H3. The molecule has 0 saturated carbocycles. The zero-order chi connectivity index (χ0) is 14.6. The van der Waals surface area contributed by atoms with E-state index >= 15 is 0 Å². The van der Waals surface area contributed by atoms with Crippen LogP contribution in [0.25, 0.3) is 0 Å². The van der Waals surface area contributed by atoms with Crippen molar-refractivity contribution in [2.45, 2.75) is 59.4 Å². The minimum atomic E-state index is 0.235. The maximum absolute atomic E-state index is 6.32. The number of hydrogen-bond acceptors (Lipinski definition) is 2. The van der Waals surface area contributed by atoms with E-state index in [1.165, 1.54) is 5.56 Å². The van der Waals surface area contributed by atoms with Crippen molar-refractivity contribution >= 4 is 11.6 Å². The smallest absolute Gasteiger partial charge is 0.126 e. The molecule has 1 aromatic carbocycles. The van der Waals surface area contributed by atoms with Gasteiger partial charge in [-0.15, -0.1) is 0 Å². The van der Waals surface area contributed by atoms with E-state index in [0.29, 0.717) is 12.5 Å². The van der Waals surface area contributed by atoms with E-state index in [0.717, 1.165) is 34.7 Å². The highest BCUT2D eigenvalue weighted by Gasteiger charge is 2.19. The van der Waals surface area contributed by atoms with Gasteiger partial charge >= 0.3 is 0 Å². The number of ether oxygens (including phenoxy) is 1. The Balaban J connectivity index is 3.14. The van der Waals surface area contributed by atoms with E-state index in [1.807, 2.05) is 19.9 Å². The van der Waals surface area contributed by atoms with E-state index in [4.69, 9.17) is 22.1 Å². The lowest BCUT2D eigenvalue weighted by molar-refractivity contribution is 0.330. The fourth-order valence-electron chi connectivity index (χ4n) is 2.46. The number of hydrogen-bond donors (Lipinski definition) is 1. The van der Waals surface area contributed by atoms with Gasteiger partial charge in [-0.25, -0.2) is 0 Å². The summed E-state index contributed by atoms with van der Waals surface area (Å²) >= 11 is 6.32. The first-order valence-electron chi connectivity index (χ1n) is 7.06. The van der Waals surface area contributed by atoms with E-state index in [2.05, 4.69) is 20.8 Å². The van der Waals surface area contributed by atoms with Crippen molar-refractivity contribution < 1.29 is 4.74 Å². The summed E-state index contributed by atoms with van der Waals surface area (Å²) in [7, 11) is 0. The summed E-state index contributed by atoms with van der Waals surface area (Å²) in [5, 5.41) is 0.823. The average Bonchev–Trinajstić information content (AvgIpc) is 2.33. The van der Waals surface area contributed by atoms with Gasteiger partial charge in [0, 0.05) is 16.6 Å². The summed E-state index contributed by atoms with van der Waals surface area (Å²) in [6.07, 6.45) is 2.07. The Morgan fingerprint density at radius 2 is 1.89 bits per heavy atom. The fourth-order valence-corrected chi connectivity index (χ4v) is 2.73. The summed E-state index contributed by atoms with van der Waals surface area (Å²) in [5.74, 6) is 1.41. The van der Waals surface area contributed by atoms with Crippen molar-refractivity contribution in [3.8, 4) is 5.75 Å². The van der Waals surface area contributed by atoms with Crippen molar-refractivity contribution in [2.75, 3.05) is 6.61 Å². The van der Waals surface area contributed by atoms with Crippen molar-refractivity contribution in [1.82, 2.24) is 0 Å². The molecular formula is C16H26ClNO. The monoisotopic (exact) mass is 283 g/mol. The van der Waals surface area contributed by atoms with Crippen LogP contribution in [-0.4, -0.2) is 12.6 Å². The molecule has 0 aliphatic rings. The first-order valence-corrected chi connectivity index (χ1v) is 7.44. The Labute approximate surface area is 122 Å². The van der Waals surface area contributed by atoms with Crippen LogP contribution in [0.5, 0.6) is 5.75 Å². The summed E-state index contributed by atoms with van der Waals surface area (Å²) in [4.78, 5) is 0. The van der Waals surface area contributed by atoms with Crippen LogP contribution in [0, 0.1) is 13.8 Å². The van der Waals surface area contributed by atoms with Gasteiger partial charge in [-0.3, -0.25) is 0 Å². The molecule has 0 aliphatic carbocycles. The van der Waals surface area contributed by atoms with Crippen LogP contribution in [0.1, 0.15) is 56.2 Å². The molecule has 0 aromatic heterocycles. The van der Waals surface area contributed by atoms with Gasteiger partial charge in [0.2, 0.25) is 0 Å². The normalized spacial score (nSPS) is 14.3. The van der Waals surface area contributed by atoms with Crippen molar-refractivity contribution in [2.24, 2.45) is 5.73 Å². The molecule has 2 nitrogen and oxygen atoms in total. The molecule has 1 rings (SSSR count). The maximum Gasteiger partial charge on any atom is 0.126 e. The number of nitrogens with two attached hydrogens (primary N) is 1. The summed E-state index contributed by atoms with van der Waals surface area (Å²) < 4.78 is 5.84. The number of benzene rings is 1. The van der Waals surface area contributed by atoms with Crippen LogP contribution in [0.2, 0.25) is 5.02 Å². The number of rotatable bonds is 6. The first kappa shape index (κ1) is 16.3. The molecule has 2 atom stereocenters. The van der Waals surface area contributed by atoms with Crippen LogP contribution < -0.4 is 10.5 Å². The highest BCUT2D eigenvalue weighted by Crippen LogP contribution is 2.38. The van der Waals surface area contributed by atoms with E-state index in [1.54, 1.807) is 0 Å². The lowest BCUT2D eigenvalue weighted by atomic mass is 9.89. The van der Waals surface area contributed by atoms with Gasteiger partial charge in [0.25, 0.3) is 0 Å². The molecule has 0 saturated heterocycles. The Bertz CT molecular complexity index is 429. The molecule has 2 N–H and O–H groups in total. The zero-order valence-electron chi connectivity index (χ0n) is 12.7. The van der Waals surface area contributed by atoms with Gasteiger partial charge in [-0.05, 0) is 63.6 Å². The Kier molecular flexibility index (Phi) is 6.15. The highest BCUT2D eigenvalue weighted by atomic mass is 35.5. The lowest BCUT2D eigenvalue weighted by Gasteiger charge is -2.22. The van der Waals surface area contributed by atoms with Gasteiger partial charge in [-0.2, -0.15) is 0 Å². The second-order valence-corrected chi connectivity index (χ2v) is 5.84. The third-order valence-electron chi connectivity index (χ3n) is 3.54. The molecule has 0 fully saturated rings. The maximum atomic E-state index is 6.32. The quantitative estimate of drug-likeness (QED) is 0.829. The number of aryl methyl sites for hydroxylation is 1. The number of halogens is 1. The summed E-state index contributed by atoms with van der Waals surface area (Å²) in [6, 6.07) is 2.22. The van der Waals surface area contributed by atoms with Crippen LogP contribution in [0.15, 0.2) is 6.07 Å². The molecule has 0 spiro atoms. The molecule has 0 aliphatic heterocycles.